The number of carbonyl (C=O) groups is 1. The first-order valence-corrected chi connectivity index (χ1v) is 5.89. The van der Waals surface area contributed by atoms with Crippen molar-refractivity contribution in [3.8, 4) is 0 Å². The molecule has 0 aliphatic carbocycles. The maximum Gasteiger partial charge on any atom is 0.250 e. The van der Waals surface area contributed by atoms with Crippen LogP contribution < -0.4 is 10.6 Å². The Labute approximate surface area is 111 Å². The molecule has 19 heavy (non-hydrogen) atoms. The summed E-state index contributed by atoms with van der Waals surface area (Å²) in [6.07, 6.45) is 3.50. The number of nitrogens with zero attached hydrogens (tertiary/aromatic N) is 1. The Balaban J connectivity index is 1.85. The predicted molar refractivity (Wildman–Crippen MR) is 72.9 cm³/mol. The van der Waals surface area contributed by atoms with Gasteiger partial charge in [0.05, 0.1) is 6.54 Å². The zero-order valence-corrected chi connectivity index (χ0v) is 10.6. The number of nitrogens with one attached hydrogen (secondary N) is 3. The third-order valence-corrected chi connectivity index (χ3v) is 2.46. The molecular weight excluding hydrogens is 244 g/mol. The second-order valence-corrected chi connectivity index (χ2v) is 3.95. The van der Waals surface area contributed by atoms with Crippen molar-refractivity contribution in [2.45, 2.75) is 6.54 Å². The minimum Gasteiger partial charge on any atom is -0.378 e. The zero-order chi connectivity index (χ0) is 13.5. The average Bonchev–Trinajstić information content (AvgIpc) is 2.91. The van der Waals surface area contributed by atoms with Gasteiger partial charge in [-0.1, -0.05) is 0 Å². The molecule has 6 nitrogen and oxygen atoms in total. The van der Waals surface area contributed by atoms with E-state index in [1.54, 1.807) is 12.4 Å². The van der Waals surface area contributed by atoms with E-state index in [-0.39, 0.29) is 12.5 Å². The second kappa shape index (κ2) is 6.55. The number of ether oxygens (including phenoxy) is 1. The molecule has 0 spiro atoms. The summed E-state index contributed by atoms with van der Waals surface area (Å²) in [5, 5.41) is 5.95. The van der Waals surface area contributed by atoms with Gasteiger partial charge in [0.2, 0.25) is 5.91 Å². The number of methoxy groups -OCH3 is 1. The van der Waals surface area contributed by atoms with E-state index in [0.29, 0.717) is 6.54 Å². The molecule has 3 N–H and O–H groups in total. The topological polar surface area (TPSA) is 79.0 Å². The molecule has 0 fully saturated rings. The van der Waals surface area contributed by atoms with E-state index in [9.17, 15) is 4.79 Å². The summed E-state index contributed by atoms with van der Waals surface area (Å²) in [6, 6.07) is 7.45. The van der Waals surface area contributed by atoms with E-state index >= 15 is 0 Å². The number of imidazole rings is 1. The predicted octanol–water partition coefficient (Wildman–Crippen LogP) is 1.61. The number of carbonyl (C=O) groups excluding carboxylic acids is 1. The molecule has 100 valence electrons. The number of aromatic nitrogens is 2. The first-order chi connectivity index (χ1) is 9.28. The molecule has 1 heterocycles. The third kappa shape index (κ3) is 4.11. The lowest BCUT2D eigenvalue weighted by Gasteiger charge is -2.07. The van der Waals surface area contributed by atoms with Crippen LogP contribution >= 0.6 is 0 Å². The number of hydrogen-bond donors (Lipinski definition) is 3. The Morgan fingerprint density at radius 2 is 2.05 bits per heavy atom. The standard InChI is InChI=1S/C13H16N4O2/c1-19-9-13(18)17-11-4-2-10(3-5-11)16-8-12-14-6-7-15-12/h2-7,16H,8-9H2,1H3,(H,14,15)(H,17,18). The molecule has 2 aromatic rings. The summed E-state index contributed by atoms with van der Waals surface area (Å²) in [6.45, 7) is 0.681. The molecule has 1 aromatic carbocycles. The van der Waals surface area contributed by atoms with Crippen LogP contribution in [0.2, 0.25) is 0 Å². The van der Waals surface area contributed by atoms with Crippen LogP contribution in [0.15, 0.2) is 36.7 Å². The van der Waals surface area contributed by atoms with Crippen LogP contribution in [0.1, 0.15) is 5.82 Å². The number of amides is 1. The molecule has 6 heteroatoms. The van der Waals surface area contributed by atoms with Gasteiger partial charge in [-0.2, -0.15) is 0 Å². The van der Waals surface area contributed by atoms with Gasteiger partial charge in [-0.15, -0.1) is 0 Å². The highest BCUT2D eigenvalue weighted by molar-refractivity contribution is 5.91. The quantitative estimate of drug-likeness (QED) is 0.737. The maximum absolute atomic E-state index is 11.3. The summed E-state index contributed by atoms with van der Waals surface area (Å²) in [4.78, 5) is 18.4. The molecule has 1 amide bonds. The van der Waals surface area contributed by atoms with Gasteiger partial charge in [0.15, 0.2) is 0 Å². The molecule has 0 atom stereocenters. The zero-order valence-electron chi connectivity index (χ0n) is 10.6. The number of hydrogen-bond acceptors (Lipinski definition) is 4. The lowest BCUT2D eigenvalue weighted by molar-refractivity contribution is -0.119. The number of aromatic amines is 1. The molecule has 0 aliphatic heterocycles. The van der Waals surface area contributed by atoms with Crippen molar-refractivity contribution in [2.75, 3.05) is 24.4 Å². The van der Waals surface area contributed by atoms with Crippen LogP contribution in [-0.2, 0) is 16.1 Å². The minimum absolute atomic E-state index is 0.0541. The van der Waals surface area contributed by atoms with Gasteiger partial charge >= 0.3 is 0 Å². The molecule has 0 unspecified atom stereocenters. The Morgan fingerprint density at radius 3 is 2.68 bits per heavy atom. The lowest BCUT2D eigenvalue weighted by atomic mass is 10.2. The highest BCUT2D eigenvalue weighted by Gasteiger charge is 2.01. The minimum atomic E-state index is -0.168. The lowest BCUT2D eigenvalue weighted by Crippen LogP contribution is -2.16. The van der Waals surface area contributed by atoms with Crippen molar-refractivity contribution < 1.29 is 9.53 Å². The summed E-state index contributed by atoms with van der Waals surface area (Å²) in [5.74, 6) is 0.705. The van der Waals surface area contributed by atoms with Gasteiger partial charge in [0, 0.05) is 30.9 Å². The number of benzene rings is 1. The van der Waals surface area contributed by atoms with E-state index in [1.165, 1.54) is 7.11 Å². The maximum atomic E-state index is 11.3. The first-order valence-electron chi connectivity index (χ1n) is 5.89. The Bertz CT molecular complexity index is 508. The van der Waals surface area contributed by atoms with Crippen LogP contribution in [0.3, 0.4) is 0 Å². The molecule has 1 aromatic heterocycles. The van der Waals surface area contributed by atoms with Crippen LogP contribution in [0.5, 0.6) is 0 Å². The van der Waals surface area contributed by atoms with Crippen molar-refractivity contribution >= 4 is 17.3 Å². The monoisotopic (exact) mass is 260 g/mol. The van der Waals surface area contributed by atoms with Gasteiger partial charge in [0.1, 0.15) is 12.4 Å². The van der Waals surface area contributed by atoms with Gasteiger partial charge in [-0.3, -0.25) is 4.79 Å². The highest BCUT2D eigenvalue weighted by Crippen LogP contribution is 2.13. The highest BCUT2D eigenvalue weighted by atomic mass is 16.5. The normalized spacial score (nSPS) is 10.2. The van der Waals surface area contributed by atoms with Crippen LogP contribution in [0.4, 0.5) is 11.4 Å². The summed E-state index contributed by atoms with van der Waals surface area (Å²) >= 11 is 0. The summed E-state index contributed by atoms with van der Waals surface area (Å²) < 4.78 is 4.74. The fourth-order valence-electron chi connectivity index (χ4n) is 1.58. The first kappa shape index (κ1) is 13.1. The largest absolute Gasteiger partial charge is 0.378 e. The fourth-order valence-corrected chi connectivity index (χ4v) is 1.58. The van der Waals surface area contributed by atoms with Gasteiger partial charge in [-0.25, -0.2) is 4.98 Å². The number of anilines is 2. The average molecular weight is 260 g/mol. The van der Waals surface area contributed by atoms with Gasteiger partial charge < -0.3 is 20.4 Å². The molecule has 2 rings (SSSR count). The van der Waals surface area contributed by atoms with E-state index in [4.69, 9.17) is 4.74 Å². The molecule has 0 aliphatic rings. The summed E-state index contributed by atoms with van der Waals surface area (Å²) in [7, 11) is 1.49. The van der Waals surface area contributed by atoms with Gasteiger partial charge in [-0.05, 0) is 24.3 Å². The second-order valence-electron chi connectivity index (χ2n) is 3.95. The fraction of sp³-hybridized carbons (Fsp3) is 0.231. The van der Waals surface area contributed by atoms with Crippen molar-refractivity contribution in [3.05, 3.63) is 42.5 Å². The molecular formula is C13H16N4O2. The molecule has 0 radical (unpaired) electrons. The van der Waals surface area contributed by atoms with Crippen LogP contribution in [0, 0.1) is 0 Å². The van der Waals surface area contributed by atoms with Crippen LogP contribution in [-0.4, -0.2) is 29.6 Å². The Morgan fingerprint density at radius 1 is 1.32 bits per heavy atom. The number of rotatable bonds is 6. The smallest absolute Gasteiger partial charge is 0.250 e. The van der Waals surface area contributed by atoms with E-state index in [0.717, 1.165) is 17.2 Å². The summed E-state index contributed by atoms with van der Waals surface area (Å²) in [5.41, 5.74) is 1.70. The van der Waals surface area contributed by atoms with Crippen molar-refractivity contribution in [3.63, 3.8) is 0 Å². The van der Waals surface area contributed by atoms with Gasteiger partial charge in [0.25, 0.3) is 0 Å². The third-order valence-electron chi connectivity index (χ3n) is 2.46. The van der Waals surface area contributed by atoms with Crippen molar-refractivity contribution in [2.24, 2.45) is 0 Å². The van der Waals surface area contributed by atoms with Crippen molar-refractivity contribution in [1.29, 1.82) is 0 Å². The van der Waals surface area contributed by atoms with Crippen molar-refractivity contribution in [1.82, 2.24) is 9.97 Å². The number of H-pyrrole nitrogens is 1. The molecule has 0 saturated heterocycles. The Hall–Kier alpha value is -2.34. The Kier molecular flexibility index (Phi) is 4.52. The van der Waals surface area contributed by atoms with E-state index < -0.39 is 0 Å². The molecule has 0 saturated carbocycles. The van der Waals surface area contributed by atoms with Crippen LogP contribution in [0.25, 0.3) is 0 Å². The van der Waals surface area contributed by atoms with E-state index in [2.05, 4.69) is 20.6 Å². The van der Waals surface area contributed by atoms with E-state index in [1.807, 2.05) is 24.3 Å². The SMILES string of the molecule is COCC(=O)Nc1ccc(NCc2ncc[nH]2)cc1. The molecule has 0 bridgehead atoms.